The molecule has 0 unspecified atom stereocenters. The number of esters is 1. The molecule has 1 aromatic heterocycles. The molecule has 1 N–H and O–H groups in total. The fourth-order valence-electron chi connectivity index (χ4n) is 3.04. The number of halogens is 2. The molecule has 1 heterocycles. The summed E-state index contributed by atoms with van der Waals surface area (Å²) >= 11 is 0. The Morgan fingerprint density at radius 2 is 1.82 bits per heavy atom. The van der Waals surface area contributed by atoms with Gasteiger partial charge in [-0.15, -0.1) is 0 Å². The molecule has 0 spiro atoms. The van der Waals surface area contributed by atoms with Gasteiger partial charge in [0, 0.05) is 17.8 Å². The van der Waals surface area contributed by atoms with Crippen LogP contribution in [-0.4, -0.2) is 48.4 Å². The Balaban J connectivity index is 2.03. The zero-order valence-corrected chi connectivity index (χ0v) is 16.3. The number of likely N-dealkylation sites (N-methyl/N-ethyl adjacent to an activating group) is 1. The molecule has 0 atom stereocenters. The number of H-pyrrole nitrogens is 1. The lowest BCUT2D eigenvalue weighted by atomic mass is 10.1. The first-order chi connectivity index (χ1) is 13.2. The van der Waals surface area contributed by atoms with E-state index in [0.29, 0.717) is 29.1 Å². The molecule has 0 fully saturated rings. The number of aryl methyl sites for hydroxylation is 1. The summed E-state index contributed by atoms with van der Waals surface area (Å²) in [7, 11) is 1.78. The number of carbonyl (C=O) groups excluding carboxylic acids is 2. The van der Waals surface area contributed by atoms with E-state index in [1.165, 1.54) is 12.1 Å². The van der Waals surface area contributed by atoms with Crippen molar-refractivity contribution in [3.8, 4) is 5.75 Å². The molecular formula is C20H24F2N2O4. The number of aromatic nitrogens is 1. The first-order valence-electron chi connectivity index (χ1n) is 8.84. The van der Waals surface area contributed by atoms with Gasteiger partial charge in [-0.3, -0.25) is 9.69 Å². The van der Waals surface area contributed by atoms with Crippen LogP contribution in [0.1, 0.15) is 44.6 Å². The zero-order chi connectivity index (χ0) is 20.8. The number of carbonyl (C=O) groups is 2. The second-order valence-electron chi connectivity index (χ2n) is 6.46. The number of ketones is 1. The third-order valence-electron chi connectivity index (χ3n) is 4.21. The van der Waals surface area contributed by atoms with Crippen LogP contribution in [0.5, 0.6) is 5.75 Å². The maximum Gasteiger partial charge on any atom is 0.387 e. The van der Waals surface area contributed by atoms with Crippen LogP contribution in [0.2, 0.25) is 0 Å². The summed E-state index contributed by atoms with van der Waals surface area (Å²) < 4.78 is 33.7. The van der Waals surface area contributed by atoms with Crippen molar-refractivity contribution in [2.45, 2.75) is 33.9 Å². The molecule has 0 saturated heterocycles. The zero-order valence-electron chi connectivity index (χ0n) is 16.3. The van der Waals surface area contributed by atoms with E-state index in [4.69, 9.17) is 4.74 Å². The van der Waals surface area contributed by atoms with Crippen molar-refractivity contribution >= 4 is 11.8 Å². The van der Waals surface area contributed by atoms with E-state index in [1.54, 1.807) is 44.9 Å². The Morgan fingerprint density at radius 1 is 1.18 bits per heavy atom. The van der Waals surface area contributed by atoms with Crippen LogP contribution >= 0.6 is 0 Å². The third kappa shape index (κ3) is 5.39. The van der Waals surface area contributed by atoms with Crippen molar-refractivity contribution in [1.82, 2.24) is 9.88 Å². The minimum Gasteiger partial charge on any atom is -0.461 e. The molecule has 0 bridgehead atoms. The van der Waals surface area contributed by atoms with Crippen molar-refractivity contribution < 1.29 is 27.8 Å². The lowest BCUT2D eigenvalue weighted by Crippen LogP contribution is -2.26. The number of hydrogen-bond acceptors (Lipinski definition) is 5. The Bertz CT molecular complexity index is 831. The SMILES string of the molecule is CCOC(=O)c1[nH]c(C)c(C(=O)CN(C)Cc2ccc(OC(F)F)cc2)c1C. The lowest BCUT2D eigenvalue weighted by Gasteiger charge is -2.16. The predicted molar refractivity (Wildman–Crippen MR) is 100.0 cm³/mol. The molecule has 0 aliphatic heterocycles. The normalized spacial score (nSPS) is 11.1. The van der Waals surface area contributed by atoms with Crippen LogP contribution in [0.4, 0.5) is 8.78 Å². The van der Waals surface area contributed by atoms with Crippen LogP contribution in [0, 0.1) is 13.8 Å². The topological polar surface area (TPSA) is 71.6 Å². The highest BCUT2D eigenvalue weighted by atomic mass is 19.3. The second-order valence-corrected chi connectivity index (χ2v) is 6.46. The number of nitrogens with one attached hydrogen (secondary N) is 1. The number of hydrogen-bond donors (Lipinski definition) is 1. The highest BCUT2D eigenvalue weighted by Crippen LogP contribution is 2.20. The Labute approximate surface area is 162 Å². The van der Waals surface area contributed by atoms with Gasteiger partial charge in [-0.05, 0) is 51.1 Å². The largest absolute Gasteiger partial charge is 0.461 e. The molecule has 0 aliphatic rings. The molecule has 6 nitrogen and oxygen atoms in total. The molecule has 28 heavy (non-hydrogen) atoms. The van der Waals surface area contributed by atoms with Crippen molar-refractivity contribution in [2.75, 3.05) is 20.2 Å². The maximum atomic E-state index is 12.7. The number of ether oxygens (including phenoxy) is 2. The summed E-state index contributed by atoms with van der Waals surface area (Å²) in [6.07, 6.45) is 0. The van der Waals surface area contributed by atoms with Crippen LogP contribution in [-0.2, 0) is 11.3 Å². The Hall–Kier alpha value is -2.74. The quantitative estimate of drug-likeness (QED) is 0.518. The van der Waals surface area contributed by atoms with Gasteiger partial charge in [-0.1, -0.05) is 12.1 Å². The van der Waals surface area contributed by atoms with E-state index < -0.39 is 12.6 Å². The number of Topliss-reactive ketones (excluding diaryl/α,β-unsaturated/α-hetero) is 1. The second kappa shape index (κ2) is 9.45. The predicted octanol–water partition coefficient (Wildman–Crippen LogP) is 3.72. The summed E-state index contributed by atoms with van der Waals surface area (Å²) in [5.41, 5.74) is 2.82. The minimum atomic E-state index is -2.86. The number of aromatic amines is 1. The van der Waals surface area contributed by atoms with Gasteiger partial charge in [0.25, 0.3) is 0 Å². The molecule has 8 heteroatoms. The summed E-state index contributed by atoms with van der Waals surface area (Å²) in [4.78, 5) is 29.5. The van der Waals surface area contributed by atoms with Crippen molar-refractivity contribution in [3.05, 3.63) is 52.3 Å². The van der Waals surface area contributed by atoms with E-state index in [9.17, 15) is 18.4 Å². The average Bonchev–Trinajstić information content (AvgIpc) is 2.91. The number of alkyl halides is 2. The van der Waals surface area contributed by atoms with Crippen molar-refractivity contribution in [2.24, 2.45) is 0 Å². The van der Waals surface area contributed by atoms with Crippen molar-refractivity contribution in [1.29, 1.82) is 0 Å². The van der Waals surface area contributed by atoms with Crippen LogP contribution < -0.4 is 4.74 Å². The molecule has 2 aromatic rings. The maximum absolute atomic E-state index is 12.7. The molecule has 152 valence electrons. The fraction of sp³-hybridized carbons (Fsp3) is 0.400. The van der Waals surface area contributed by atoms with Gasteiger partial charge in [0.2, 0.25) is 0 Å². The van der Waals surface area contributed by atoms with E-state index >= 15 is 0 Å². The molecule has 0 radical (unpaired) electrons. The van der Waals surface area contributed by atoms with Gasteiger partial charge < -0.3 is 14.5 Å². The molecule has 0 saturated carbocycles. The lowest BCUT2D eigenvalue weighted by molar-refractivity contribution is -0.0498. The summed E-state index contributed by atoms with van der Waals surface area (Å²) in [5, 5.41) is 0. The summed E-state index contributed by atoms with van der Waals surface area (Å²) in [6, 6.07) is 6.27. The number of benzene rings is 1. The van der Waals surface area contributed by atoms with E-state index in [-0.39, 0.29) is 24.7 Å². The summed E-state index contributed by atoms with van der Waals surface area (Å²) in [6.45, 7) is 3.15. The smallest absolute Gasteiger partial charge is 0.387 e. The number of rotatable bonds is 9. The fourth-order valence-corrected chi connectivity index (χ4v) is 3.04. The Morgan fingerprint density at radius 3 is 2.39 bits per heavy atom. The van der Waals surface area contributed by atoms with Gasteiger partial charge in [-0.2, -0.15) is 8.78 Å². The molecule has 0 amide bonds. The van der Waals surface area contributed by atoms with E-state index in [2.05, 4.69) is 9.72 Å². The van der Waals surface area contributed by atoms with E-state index in [0.717, 1.165) is 5.56 Å². The van der Waals surface area contributed by atoms with E-state index in [1.807, 2.05) is 0 Å². The van der Waals surface area contributed by atoms with Gasteiger partial charge in [0.15, 0.2) is 5.78 Å². The van der Waals surface area contributed by atoms with Crippen LogP contribution in [0.3, 0.4) is 0 Å². The highest BCUT2D eigenvalue weighted by Gasteiger charge is 2.23. The molecule has 1 aromatic carbocycles. The van der Waals surface area contributed by atoms with Gasteiger partial charge >= 0.3 is 12.6 Å². The third-order valence-corrected chi connectivity index (χ3v) is 4.21. The van der Waals surface area contributed by atoms with Crippen molar-refractivity contribution in [3.63, 3.8) is 0 Å². The summed E-state index contributed by atoms with van der Waals surface area (Å²) in [5.74, 6) is -0.522. The van der Waals surface area contributed by atoms with Gasteiger partial charge in [0.05, 0.1) is 13.2 Å². The standard InChI is InChI=1S/C20H24F2N2O4/c1-5-27-19(26)18-12(2)17(13(3)23-18)16(25)11-24(4)10-14-6-8-15(9-7-14)28-20(21)22/h6-9,20,23H,5,10-11H2,1-4H3. The molecular weight excluding hydrogens is 370 g/mol. The average molecular weight is 394 g/mol. The highest BCUT2D eigenvalue weighted by molar-refractivity contribution is 6.03. The molecule has 0 aliphatic carbocycles. The minimum absolute atomic E-state index is 0.0857. The van der Waals surface area contributed by atoms with Crippen LogP contribution in [0.25, 0.3) is 0 Å². The first-order valence-corrected chi connectivity index (χ1v) is 8.84. The number of nitrogens with zero attached hydrogens (tertiary/aromatic N) is 1. The van der Waals surface area contributed by atoms with Crippen LogP contribution in [0.15, 0.2) is 24.3 Å². The van der Waals surface area contributed by atoms with Gasteiger partial charge in [-0.25, -0.2) is 4.79 Å². The monoisotopic (exact) mass is 394 g/mol. The Kier molecular flexibility index (Phi) is 7.28. The van der Waals surface area contributed by atoms with Gasteiger partial charge in [0.1, 0.15) is 11.4 Å². The molecule has 2 rings (SSSR count). The first kappa shape index (κ1) is 21.6.